The van der Waals surface area contributed by atoms with Gasteiger partial charge in [0, 0.05) is 45.9 Å². The summed E-state index contributed by atoms with van der Waals surface area (Å²) in [6.07, 6.45) is 0.641. The van der Waals surface area contributed by atoms with Crippen LogP contribution in [0.1, 0.15) is 43.8 Å². The highest BCUT2D eigenvalue weighted by molar-refractivity contribution is 6.20. The van der Waals surface area contributed by atoms with E-state index in [1.165, 1.54) is 0 Å². The molecular formula is C30H22N2O3. The lowest BCUT2D eigenvalue weighted by molar-refractivity contribution is 0.0515. The van der Waals surface area contributed by atoms with Crippen molar-refractivity contribution in [3.05, 3.63) is 119 Å². The molecule has 1 aromatic heterocycles. The highest BCUT2D eigenvalue weighted by Gasteiger charge is 2.23. The summed E-state index contributed by atoms with van der Waals surface area (Å²) < 4.78 is 2.26. The van der Waals surface area contributed by atoms with Crippen LogP contribution in [0.15, 0.2) is 96.2 Å². The molecule has 6 rings (SSSR count). The highest BCUT2D eigenvalue weighted by atomic mass is 16.7. The largest absolute Gasteiger partial charge is 0.365 e. The van der Waals surface area contributed by atoms with Crippen molar-refractivity contribution in [3.63, 3.8) is 0 Å². The van der Waals surface area contributed by atoms with Gasteiger partial charge in [-0.2, -0.15) is 0 Å². The number of carbonyl (C=O) groups excluding carboxylic acids is 2. The molecule has 0 fully saturated rings. The maximum Gasteiger partial charge on any atom is 0.365 e. The molecule has 0 bridgehead atoms. The quantitative estimate of drug-likeness (QED) is 0.180. The van der Waals surface area contributed by atoms with Gasteiger partial charge in [0.05, 0.1) is 16.8 Å². The molecule has 35 heavy (non-hydrogen) atoms. The summed E-state index contributed by atoms with van der Waals surface area (Å²) in [5.41, 5.74) is 6.69. The second-order valence-electron chi connectivity index (χ2n) is 8.81. The van der Waals surface area contributed by atoms with Crippen molar-refractivity contribution in [1.29, 1.82) is 0 Å². The zero-order valence-electron chi connectivity index (χ0n) is 19.2. The average Bonchev–Trinajstić information content (AvgIpc) is 3.23. The van der Waals surface area contributed by atoms with E-state index in [-0.39, 0.29) is 5.78 Å². The number of hydrogen-bond acceptors (Lipinski definition) is 4. The summed E-state index contributed by atoms with van der Waals surface area (Å²) in [4.78, 5) is 30.8. The molecule has 0 atom stereocenters. The Bertz CT molecular complexity index is 1640. The number of fused-ring (bicyclic) bond motifs is 3. The number of hydrogen-bond donors (Lipinski definition) is 0. The molecule has 1 aliphatic heterocycles. The third-order valence-corrected chi connectivity index (χ3v) is 6.59. The summed E-state index contributed by atoms with van der Waals surface area (Å²) in [5.74, 6) is -0.468. The van der Waals surface area contributed by atoms with E-state index in [9.17, 15) is 9.59 Å². The van der Waals surface area contributed by atoms with E-state index in [1.54, 1.807) is 12.1 Å². The van der Waals surface area contributed by atoms with Crippen molar-refractivity contribution in [2.24, 2.45) is 5.16 Å². The SMILES string of the molecule is Cc1ccc(C(=O)O/N=C2\CCn3c4ccc(C(=O)c5ccccc5)cc4c4cccc2c43)cc1. The molecule has 2 heterocycles. The first-order chi connectivity index (χ1) is 17.1. The molecule has 5 aromatic rings. The molecule has 0 N–H and O–H groups in total. The first-order valence-electron chi connectivity index (χ1n) is 11.6. The Morgan fingerprint density at radius 3 is 2.37 bits per heavy atom. The topological polar surface area (TPSA) is 60.7 Å². The van der Waals surface area contributed by atoms with Crippen LogP contribution in [-0.2, 0) is 11.4 Å². The van der Waals surface area contributed by atoms with Crippen molar-refractivity contribution in [2.45, 2.75) is 19.9 Å². The molecule has 4 aromatic carbocycles. The molecule has 170 valence electrons. The summed E-state index contributed by atoms with van der Waals surface area (Å²) in [7, 11) is 0. The van der Waals surface area contributed by atoms with Gasteiger partial charge < -0.3 is 9.40 Å². The Morgan fingerprint density at radius 2 is 1.57 bits per heavy atom. The van der Waals surface area contributed by atoms with Crippen LogP contribution >= 0.6 is 0 Å². The first kappa shape index (κ1) is 21.1. The second-order valence-corrected chi connectivity index (χ2v) is 8.81. The third kappa shape index (κ3) is 3.62. The molecule has 0 saturated carbocycles. The lowest BCUT2D eigenvalue weighted by Crippen LogP contribution is -2.16. The molecule has 1 aliphatic rings. The standard InChI is InChI=1S/C30H22N2O3/c1-19-10-12-21(13-11-19)30(34)35-31-26-16-17-32-27-15-14-22(29(33)20-6-3-2-4-7-20)18-25(27)23-8-5-9-24(26)28(23)32/h2-15,18H,16-17H2,1H3/b31-26+. The molecular weight excluding hydrogens is 436 g/mol. The van der Waals surface area contributed by atoms with Crippen LogP contribution in [0.2, 0.25) is 0 Å². The van der Waals surface area contributed by atoms with Crippen LogP contribution < -0.4 is 0 Å². The van der Waals surface area contributed by atoms with Crippen molar-refractivity contribution in [2.75, 3.05) is 0 Å². The minimum Gasteiger partial charge on any atom is -0.340 e. The van der Waals surface area contributed by atoms with E-state index in [4.69, 9.17) is 4.84 Å². The summed E-state index contributed by atoms with van der Waals surface area (Å²) in [6.45, 7) is 2.68. The van der Waals surface area contributed by atoms with Gasteiger partial charge in [0.25, 0.3) is 0 Å². The van der Waals surface area contributed by atoms with Crippen LogP contribution in [0, 0.1) is 6.92 Å². The zero-order valence-corrected chi connectivity index (χ0v) is 19.2. The van der Waals surface area contributed by atoms with Gasteiger partial charge in [-0.05, 0) is 37.3 Å². The summed E-state index contributed by atoms with van der Waals surface area (Å²) in [6, 6.07) is 28.5. The minimum absolute atomic E-state index is 0.00435. The Labute approximate surface area is 202 Å². The molecule has 0 saturated heterocycles. The van der Waals surface area contributed by atoms with Crippen molar-refractivity contribution >= 4 is 39.3 Å². The van der Waals surface area contributed by atoms with Crippen molar-refractivity contribution in [3.8, 4) is 0 Å². The monoisotopic (exact) mass is 458 g/mol. The predicted octanol–water partition coefficient (Wildman–Crippen LogP) is 6.30. The molecule has 0 unspecified atom stereocenters. The Kier molecular flexibility index (Phi) is 5.03. The molecule has 0 aliphatic carbocycles. The fourth-order valence-electron chi connectivity index (χ4n) is 4.81. The van der Waals surface area contributed by atoms with E-state index in [1.807, 2.05) is 79.7 Å². The Balaban J connectivity index is 1.39. The number of benzene rings is 4. The number of oxime groups is 1. The van der Waals surface area contributed by atoms with Gasteiger partial charge in [0.1, 0.15) is 0 Å². The second kappa shape index (κ2) is 8.37. The van der Waals surface area contributed by atoms with E-state index in [2.05, 4.69) is 15.8 Å². The van der Waals surface area contributed by atoms with Crippen LogP contribution in [0.4, 0.5) is 0 Å². The predicted molar refractivity (Wildman–Crippen MR) is 137 cm³/mol. The number of nitrogens with zero attached hydrogens (tertiary/aromatic N) is 2. The van der Waals surface area contributed by atoms with Crippen LogP contribution in [0.5, 0.6) is 0 Å². The van der Waals surface area contributed by atoms with Gasteiger partial charge in [0.15, 0.2) is 5.78 Å². The lowest BCUT2D eigenvalue weighted by atomic mass is 9.99. The highest BCUT2D eigenvalue weighted by Crippen LogP contribution is 2.35. The first-order valence-corrected chi connectivity index (χ1v) is 11.6. The van der Waals surface area contributed by atoms with E-state index >= 15 is 0 Å². The fraction of sp³-hybridized carbons (Fsp3) is 0.100. The zero-order chi connectivity index (χ0) is 23.9. The van der Waals surface area contributed by atoms with Gasteiger partial charge in [-0.3, -0.25) is 4.79 Å². The number of rotatable bonds is 4. The number of para-hydroxylation sites is 1. The molecule has 0 spiro atoms. The van der Waals surface area contributed by atoms with Crippen LogP contribution in [-0.4, -0.2) is 22.0 Å². The van der Waals surface area contributed by atoms with Gasteiger partial charge >= 0.3 is 5.97 Å². The third-order valence-electron chi connectivity index (χ3n) is 6.59. The van der Waals surface area contributed by atoms with Gasteiger partial charge in [-0.1, -0.05) is 71.4 Å². The minimum atomic E-state index is -0.472. The van der Waals surface area contributed by atoms with Gasteiger partial charge in [0.2, 0.25) is 0 Å². The van der Waals surface area contributed by atoms with Crippen LogP contribution in [0.3, 0.4) is 0 Å². The number of aryl methyl sites for hydroxylation is 2. The molecule has 0 amide bonds. The number of ketones is 1. The van der Waals surface area contributed by atoms with Crippen molar-refractivity contribution in [1.82, 2.24) is 4.57 Å². The maximum atomic E-state index is 13.0. The normalized spacial score (nSPS) is 13.9. The Morgan fingerprint density at radius 1 is 0.800 bits per heavy atom. The Hall–Kier alpha value is -4.51. The van der Waals surface area contributed by atoms with E-state index < -0.39 is 5.97 Å². The van der Waals surface area contributed by atoms with Gasteiger partial charge in [-0.25, -0.2) is 4.79 Å². The number of carbonyl (C=O) groups is 2. The average molecular weight is 459 g/mol. The fourth-order valence-corrected chi connectivity index (χ4v) is 4.81. The van der Waals surface area contributed by atoms with E-state index in [0.717, 1.165) is 38.6 Å². The van der Waals surface area contributed by atoms with Gasteiger partial charge in [-0.15, -0.1) is 0 Å². The molecule has 5 heteroatoms. The maximum absolute atomic E-state index is 13.0. The lowest BCUT2D eigenvalue weighted by Gasteiger charge is -2.18. The number of aromatic nitrogens is 1. The molecule has 5 nitrogen and oxygen atoms in total. The smallest absolute Gasteiger partial charge is 0.340 e. The van der Waals surface area contributed by atoms with Crippen LogP contribution in [0.25, 0.3) is 21.8 Å². The van der Waals surface area contributed by atoms with Crippen molar-refractivity contribution < 1.29 is 14.4 Å². The summed E-state index contributed by atoms with van der Waals surface area (Å²) >= 11 is 0. The summed E-state index contributed by atoms with van der Waals surface area (Å²) in [5, 5.41) is 6.34. The van der Waals surface area contributed by atoms with E-state index in [0.29, 0.717) is 29.7 Å². The molecule has 0 radical (unpaired) electrons.